The van der Waals surface area contributed by atoms with E-state index in [0.29, 0.717) is 0 Å². The predicted octanol–water partition coefficient (Wildman–Crippen LogP) is 11.4. The lowest BCUT2D eigenvalue weighted by atomic mass is 10.1. The summed E-state index contributed by atoms with van der Waals surface area (Å²) < 4.78 is 11.4. The second kappa shape index (κ2) is 9.89. The van der Waals surface area contributed by atoms with Gasteiger partial charge in [-0.15, -0.1) is 0 Å². The van der Waals surface area contributed by atoms with Gasteiger partial charge in [0.2, 0.25) is 0 Å². The van der Waals surface area contributed by atoms with Crippen molar-refractivity contribution in [1.82, 2.24) is 19.1 Å². The number of nitrogens with zero attached hydrogens (tertiary/aromatic N) is 4. The van der Waals surface area contributed by atoms with E-state index in [0.717, 1.165) is 88.6 Å². The van der Waals surface area contributed by atoms with Crippen molar-refractivity contribution in [3.63, 3.8) is 0 Å². The first-order chi connectivity index (χ1) is 24.3. The molecule has 5 nitrogen and oxygen atoms in total. The van der Waals surface area contributed by atoms with Crippen molar-refractivity contribution in [2.24, 2.45) is 0 Å². The Balaban J connectivity index is 1.38. The molecule has 11 aromatic rings. The highest BCUT2D eigenvalue weighted by Gasteiger charge is 2.24. The quantitative estimate of drug-likeness (QED) is 0.196. The van der Waals surface area contributed by atoms with E-state index >= 15 is 0 Å². The van der Waals surface area contributed by atoms with Crippen LogP contribution in [0.1, 0.15) is 0 Å². The van der Waals surface area contributed by atoms with E-state index in [-0.39, 0.29) is 0 Å². The fourth-order valence-corrected chi connectivity index (χ4v) is 7.76. The Morgan fingerprint density at radius 3 is 1.94 bits per heavy atom. The summed E-state index contributed by atoms with van der Waals surface area (Å²) in [6.45, 7) is 0. The molecule has 0 saturated carbocycles. The van der Waals surface area contributed by atoms with Crippen molar-refractivity contribution in [1.29, 1.82) is 0 Å². The van der Waals surface area contributed by atoms with Crippen molar-refractivity contribution in [2.75, 3.05) is 0 Å². The first-order valence-electron chi connectivity index (χ1n) is 16.5. The molecule has 0 bridgehead atoms. The molecule has 4 aromatic heterocycles. The van der Waals surface area contributed by atoms with Gasteiger partial charge in [-0.2, -0.15) is 0 Å². The minimum Gasteiger partial charge on any atom is -0.455 e. The maximum atomic E-state index is 6.73. The zero-order chi connectivity index (χ0) is 32.1. The number of rotatable bonds is 3. The van der Waals surface area contributed by atoms with Gasteiger partial charge in [0.1, 0.15) is 16.9 Å². The van der Waals surface area contributed by atoms with E-state index in [9.17, 15) is 0 Å². The molecule has 228 valence electrons. The largest absolute Gasteiger partial charge is 0.455 e. The van der Waals surface area contributed by atoms with Gasteiger partial charge in [-0.25, -0.2) is 9.97 Å². The molecular formula is C44H26N4O. The van der Waals surface area contributed by atoms with Crippen LogP contribution in [-0.2, 0) is 0 Å². The maximum Gasteiger partial charge on any atom is 0.165 e. The van der Waals surface area contributed by atoms with Crippen LogP contribution in [0.4, 0.5) is 0 Å². The summed E-state index contributed by atoms with van der Waals surface area (Å²) >= 11 is 0. The third-order valence-electron chi connectivity index (χ3n) is 9.89. The van der Waals surface area contributed by atoms with Gasteiger partial charge >= 0.3 is 0 Å². The van der Waals surface area contributed by atoms with Gasteiger partial charge in [-0.05, 0) is 60.7 Å². The molecular weight excluding hydrogens is 601 g/mol. The summed E-state index contributed by atoms with van der Waals surface area (Å²) in [5.41, 5.74) is 10.8. The maximum absolute atomic E-state index is 6.73. The molecule has 0 aliphatic carbocycles. The number of benzene rings is 7. The van der Waals surface area contributed by atoms with Crippen molar-refractivity contribution in [3.8, 4) is 22.8 Å². The van der Waals surface area contributed by atoms with Crippen LogP contribution < -0.4 is 0 Å². The summed E-state index contributed by atoms with van der Waals surface area (Å²) in [6.07, 6.45) is 0. The molecule has 0 aliphatic heterocycles. The molecule has 4 heterocycles. The lowest BCUT2D eigenvalue weighted by molar-refractivity contribution is 0.673. The zero-order valence-corrected chi connectivity index (χ0v) is 26.2. The van der Waals surface area contributed by atoms with E-state index in [1.54, 1.807) is 0 Å². The molecule has 0 amide bonds. The summed E-state index contributed by atoms with van der Waals surface area (Å²) in [6, 6.07) is 55.2. The molecule has 0 atom stereocenters. The Kier molecular flexibility index (Phi) is 5.32. The molecule has 5 heteroatoms. The second-order valence-corrected chi connectivity index (χ2v) is 12.6. The van der Waals surface area contributed by atoms with Crippen LogP contribution in [0.15, 0.2) is 162 Å². The van der Waals surface area contributed by atoms with Crippen molar-refractivity contribution >= 4 is 76.6 Å². The molecule has 0 aliphatic rings. The van der Waals surface area contributed by atoms with E-state index < -0.39 is 0 Å². The SMILES string of the molecule is c1ccc(-c2nc3ccccc3nc2-n2c3cc4c(cc3c3c5oc6ccccc6c5ccc32)c2ccccc2n4-c2ccccc2)cc1. The molecule has 0 radical (unpaired) electrons. The predicted molar refractivity (Wildman–Crippen MR) is 201 cm³/mol. The number of furan rings is 1. The summed E-state index contributed by atoms with van der Waals surface area (Å²) in [7, 11) is 0. The standard InChI is InChI=1S/C44H26N4O/c1-3-13-27(14-4-1)42-44(46-35-20-10-9-19-34(35)45-42)48-37-24-23-31-30-18-8-12-22-40(30)49-43(31)41(37)33-25-32-29-17-7-11-21-36(29)47(38(32)26-39(33)48)28-15-5-2-6-16-28/h1-26H. The fraction of sp³-hybridized carbons (Fsp3) is 0. The molecule has 7 aromatic carbocycles. The van der Waals surface area contributed by atoms with E-state index in [4.69, 9.17) is 14.4 Å². The van der Waals surface area contributed by atoms with Crippen LogP contribution in [0.3, 0.4) is 0 Å². The van der Waals surface area contributed by atoms with E-state index in [1.807, 2.05) is 42.5 Å². The molecule has 0 spiro atoms. The lowest BCUT2D eigenvalue weighted by Gasteiger charge is -2.14. The Bertz CT molecular complexity index is 3100. The third-order valence-corrected chi connectivity index (χ3v) is 9.89. The zero-order valence-electron chi connectivity index (χ0n) is 26.2. The highest BCUT2D eigenvalue weighted by atomic mass is 16.3. The Labute approximate surface area is 279 Å². The third kappa shape index (κ3) is 3.70. The molecule has 0 fully saturated rings. The monoisotopic (exact) mass is 626 g/mol. The number of hydrogen-bond donors (Lipinski definition) is 0. The van der Waals surface area contributed by atoms with Gasteiger partial charge in [0, 0.05) is 38.2 Å². The van der Waals surface area contributed by atoms with Crippen LogP contribution in [0.5, 0.6) is 0 Å². The number of para-hydroxylation sites is 5. The molecule has 0 N–H and O–H groups in total. The number of aromatic nitrogens is 4. The average molecular weight is 627 g/mol. The van der Waals surface area contributed by atoms with Gasteiger partial charge in [0.25, 0.3) is 0 Å². The molecule has 11 rings (SSSR count). The minimum atomic E-state index is 0.780. The van der Waals surface area contributed by atoms with Crippen LogP contribution in [0, 0.1) is 0 Å². The summed E-state index contributed by atoms with van der Waals surface area (Å²) in [5.74, 6) is 0.780. The van der Waals surface area contributed by atoms with Crippen LogP contribution in [-0.4, -0.2) is 19.1 Å². The van der Waals surface area contributed by atoms with Crippen LogP contribution >= 0.6 is 0 Å². The minimum absolute atomic E-state index is 0.780. The van der Waals surface area contributed by atoms with Crippen molar-refractivity contribution in [3.05, 3.63) is 158 Å². The number of fused-ring (bicyclic) bond motifs is 11. The smallest absolute Gasteiger partial charge is 0.165 e. The van der Waals surface area contributed by atoms with Gasteiger partial charge in [0.15, 0.2) is 5.82 Å². The summed E-state index contributed by atoms with van der Waals surface area (Å²) in [5, 5.41) is 6.77. The molecule has 0 unspecified atom stereocenters. The van der Waals surface area contributed by atoms with Gasteiger partial charge < -0.3 is 8.98 Å². The topological polar surface area (TPSA) is 48.8 Å². The first-order valence-corrected chi connectivity index (χ1v) is 16.5. The first kappa shape index (κ1) is 26.4. The van der Waals surface area contributed by atoms with Gasteiger partial charge in [-0.1, -0.05) is 97.1 Å². The van der Waals surface area contributed by atoms with E-state index in [1.165, 1.54) is 10.8 Å². The van der Waals surface area contributed by atoms with Crippen molar-refractivity contribution < 1.29 is 4.42 Å². The summed E-state index contributed by atoms with van der Waals surface area (Å²) in [4.78, 5) is 10.6. The van der Waals surface area contributed by atoms with E-state index in [2.05, 4.69) is 124 Å². The van der Waals surface area contributed by atoms with Gasteiger partial charge in [-0.3, -0.25) is 4.57 Å². The number of hydrogen-bond acceptors (Lipinski definition) is 3. The Morgan fingerprint density at radius 2 is 1.10 bits per heavy atom. The second-order valence-electron chi connectivity index (χ2n) is 12.6. The van der Waals surface area contributed by atoms with Gasteiger partial charge in [0.05, 0.1) is 38.5 Å². The average Bonchev–Trinajstić information content (AvgIpc) is 3.81. The molecule has 0 saturated heterocycles. The molecule has 49 heavy (non-hydrogen) atoms. The Morgan fingerprint density at radius 1 is 0.429 bits per heavy atom. The van der Waals surface area contributed by atoms with Crippen LogP contribution in [0.2, 0.25) is 0 Å². The fourth-order valence-electron chi connectivity index (χ4n) is 7.76. The highest BCUT2D eigenvalue weighted by molar-refractivity contribution is 6.27. The Hall–Kier alpha value is -6.72. The van der Waals surface area contributed by atoms with Crippen molar-refractivity contribution in [2.45, 2.75) is 0 Å². The lowest BCUT2D eigenvalue weighted by Crippen LogP contribution is -2.03. The highest BCUT2D eigenvalue weighted by Crippen LogP contribution is 2.44. The normalized spacial score (nSPS) is 12.1. The van der Waals surface area contributed by atoms with Crippen LogP contribution in [0.25, 0.3) is 99.3 Å².